The average Bonchev–Trinajstić information content (AvgIpc) is 2.92. The molecule has 2 amide bonds. The Balaban J connectivity index is 1.70. The topological polar surface area (TPSA) is 67.2 Å². The fraction of sp³-hybridized carbons (Fsp3) is 0.667. The van der Waals surface area contributed by atoms with Gasteiger partial charge in [-0.05, 0) is 12.5 Å². The first kappa shape index (κ1) is 15.9. The van der Waals surface area contributed by atoms with Gasteiger partial charge in [-0.2, -0.15) is 5.10 Å². The number of aromatic nitrogens is 2. The van der Waals surface area contributed by atoms with Crippen LogP contribution >= 0.6 is 0 Å². The lowest BCUT2D eigenvalue weighted by atomic mass is 9.88. The second kappa shape index (κ2) is 5.90. The molecule has 1 aliphatic heterocycles. The second-order valence-corrected chi connectivity index (χ2v) is 6.28. The number of alkyl halides is 2. The zero-order chi connectivity index (χ0) is 16.6. The summed E-state index contributed by atoms with van der Waals surface area (Å²) in [6.45, 7) is 2.57. The quantitative estimate of drug-likeness (QED) is 0.911. The fourth-order valence-electron chi connectivity index (χ4n) is 3.11. The Hall–Kier alpha value is -1.99. The summed E-state index contributed by atoms with van der Waals surface area (Å²) in [6.07, 6.45) is 2.10. The number of hydrogen-bond donors (Lipinski definition) is 1. The Kier molecular flexibility index (Phi) is 4.08. The highest BCUT2D eigenvalue weighted by Crippen LogP contribution is 2.37. The van der Waals surface area contributed by atoms with E-state index in [0.29, 0.717) is 13.0 Å². The standard InChI is InChI=1S/C15H20F2N4O2/c1-2-3-13(22)20-8-11-4-5-18-21(11)12(9-20)14(23)19-10-6-15(16,17)7-10/h4-5,10,12H,2-3,6-9H2,1H3,(H,19,23)/t12-/m1/s1. The van der Waals surface area contributed by atoms with Crippen LogP contribution in [0.3, 0.4) is 0 Å². The van der Waals surface area contributed by atoms with E-state index in [0.717, 1.165) is 12.1 Å². The van der Waals surface area contributed by atoms with Crippen LogP contribution in [0.1, 0.15) is 44.3 Å². The van der Waals surface area contributed by atoms with Gasteiger partial charge in [-0.25, -0.2) is 8.78 Å². The van der Waals surface area contributed by atoms with Gasteiger partial charge in [0.15, 0.2) is 0 Å². The first-order valence-corrected chi connectivity index (χ1v) is 7.88. The molecule has 0 bridgehead atoms. The maximum atomic E-state index is 12.9. The van der Waals surface area contributed by atoms with E-state index in [1.807, 2.05) is 6.92 Å². The van der Waals surface area contributed by atoms with Crippen molar-refractivity contribution in [2.45, 2.75) is 57.2 Å². The Labute approximate surface area is 132 Å². The molecule has 2 heterocycles. The number of nitrogens with zero attached hydrogens (tertiary/aromatic N) is 3. The summed E-state index contributed by atoms with van der Waals surface area (Å²) in [5.74, 6) is -3.04. The molecule has 126 valence electrons. The number of amides is 2. The normalized spacial score (nSPS) is 23.1. The highest BCUT2D eigenvalue weighted by molar-refractivity contribution is 5.83. The van der Waals surface area contributed by atoms with E-state index >= 15 is 0 Å². The maximum Gasteiger partial charge on any atom is 0.252 e. The monoisotopic (exact) mass is 326 g/mol. The van der Waals surface area contributed by atoms with E-state index in [1.165, 1.54) is 0 Å². The molecule has 2 aliphatic rings. The number of carbonyl (C=O) groups is 2. The van der Waals surface area contributed by atoms with Crippen molar-refractivity contribution in [2.24, 2.45) is 0 Å². The Bertz CT molecular complexity index is 608. The van der Waals surface area contributed by atoms with Crippen LogP contribution in [0, 0.1) is 0 Å². The van der Waals surface area contributed by atoms with Crippen molar-refractivity contribution < 1.29 is 18.4 Å². The number of fused-ring (bicyclic) bond motifs is 1. The van der Waals surface area contributed by atoms with Crippen LogP contribution in [0.25, 0.3) is 0 Å². The number of halogens is 2. The summed E-state index contributed by atoms with van der Waals surface area (Å²) in [5, 5.41) is 6.79. The summed E-state index contributed by atoms with van der Waals surface area (Å²) in [4.78, 5) is 26.2. The third-order valence-electron chi connectivity index (χ3n) is 4.35. The van der Waals surface area contributed by atoms with E-state index in [1.54, 1.807) is 21.8 Å². The lowest BCUT2D eigenvalue weighted by Crippen LogP contribution is -2.54. The van der Waals surface area contributed by atoms with Gasteiger partial charge in [-0.1, -0.05) is 6.92 Å². The van der Waals surface area contributed by atoms with Crippen LogP contribution in [0.2, 0.25) is 0 Å². The molecule has 0 spiro atoms. The average molecular weight is 326 g/mol. The molecular weight excluding hydrogens is 306 g/mol. The molecule has 1 atom stereocenters. The number of carbonyl (C=O) groups excluding carboxylic acids is 2. The summed E-state index contributed by atoms with van der Waals surface area (Å²) in [5.41, 5.74) is 0.778. The lowest BCUT2D eigenvalue weighted by Gasteiger charge is -2.38. The molecule has 23 heavy (non-hydrogen) atoms. The van der Waals surface area contributed by atoms with Crippen molar-refractivity contribution in [3.63, 3.8) is 0 Å². The Morgan fingerprint density at radius 1 is 1.43 bits per heavy atom. The van der Waals surface area contributed by atoms with Gasteiger partial charge in [0, 0.05) is 31.5 Å². The van der Waals surface area contributed by atoms with Gasteiger partial charge in [0.25, 0.3) is 5.92 Å². The SMILES string of the molecule is CCCC(=O)N1Cc2ccnn2[C@@H](C(=O)NC2CC(F)(F)C2)C1. The molecule has 0 unspecified atom stereocenters. The van der Waals surface area contributed by atoms with Crippen molar-refractivity contribution in [1.29, 1.82) is 0 Å². The molecule has 1 aromatic heterocycles. The van der Waals surface area contributed by atoms with Crippen LogP contribution in [0.15, 0.2) is 12.3 Å². The zero-order valence-electron chi connectivity index (χ0n) is 13.0. The molecule has 1 aliphatic carbocycles. The Morgan fingerprint density at radius 2 is 2.17 bits per heavy atom. The van der Waals surface area contributed by atoms with E-state index < -0.39 is 18.0 Å². The van der Waals surface area contributed by atoms with Gasteiger partial charge < -0.3 is 10.2 Å². The second-order valence-electron chi connectivity index (χ2n) is 6.28. The molecule has 0 saturated heterocycles. The number of nitrogens with one attached hydrogen (secondary N) is 1. The van der Waals surface area contributed by atoms with Crippen molar-refractivity contribution in [3.8, 4) is 0 Å². The van der Waals surface area contributed by atoms with Crippen molar-refractivity contribution in [1.82, 2.24) is 20.0 Å². The third kappa shape index (κ3) is 3.20. The van der Waals surface area contributed by atoms with E-state index in [9.17, 15) is 18.4 Å². The molecule has 3 rings (SSSR count). The van der Waals surface area contributed by atoms with Crippen molar-refractivity contribution >= 4 is 11.8 Å². The molecular formula is C15H20F2N4O2. The summed E-state index contributed by atoms with van der Waals surface area (Å²) in [6, 6.07) is 0.602. The third-order valence-corrected chi connectivity index (χ3v) is 4.35. The van der Waals surface area contributed by atoms with Crippen LogP contribution in [-0.2, 0) is 16.1 Å². The largest absolute Gasteiger partial charge is 0.351 e. The minimum atomic E-state index is -2.68. The maximum absolute atomic E-state index is 12.9. The molecule has 6 nitrogen and oxygen atoms in total. The molecule has 0 aromatic carbocycles. The zero-order valence-corrected chi connectivity index (χ0v) is 13.0. The van der Waals surface area contributed by atoms with E-state index in [4.69, 9.17) is 0 Å². The molecule has 1 aromatic rings. The number of hydrogen-bond acceptors (Lipinski definition) is 3. The van der Waals surface area contributed by atoms with Gasteiger partial charge in [-0.15, -0.1) is 0 Å². The summed E-state index contributed by atoms with van der Waals surface area (Å²) in [7, 11) is 0. The van der Waals surface area contributed by atoms with Gasteiger partial charge in [0.05, 0.1) is 18.8 Å². The van der Waals surface area contributed by atoms with Gasteiger partial charge in [0.1, 0.15) is 6.04 Å². The van der Waals surface area contributed by atoms with Crippen LogP contribution in [-0.4, -0.2) is 45.0 Å². The molecule has 1 N–H and O–H groups in total. The first-order chi connectivity index (χ1) is 10.9. The van der Waals surface area contributed by atoms with E-state index in [-0.39, 0.29) is 31.2 Å². The molecule has 8 heteroatoms. The first-order valence-electron chi connectivity index (χ1n) is 7.88. The predicted octanol–water partition coefficient (Wildman–Crippen LogP) is 1.48. The number of rotatable bonds is 4. The van der Waals surface area contributed by atoms with Crippen molar-refractivity contribution in [2.75, 3.05) is 6.54 Å². The fourth-order valence-corrected chi connectivity index (χ4v) is 3.11. The summed E-state index contributed by atoms with van der Waals surface area (Å²) < 4.78 is 27.4. The highest BCUT2D eigenvalue weighted by Gasteiger charge is 2.47. The van der Waals surface area contributed by atoms with Gasteiger partial charge in [0.2, 0.25) is 11.8 Å². The van der Waals surface area contributed by atoms with Crippen LogP contribution in [0.5, 0.6) is 0 Å². The summed E-state index contributed by atoms with van der Waals surface area (Å²) >= 11 is 0. The minimum Gasteiger partial charge on any atom is -0.351 e. The van der Waals surface area contributed by atoms with Crippen molar-refractivity contribution in [3.05, 3.63) is 18.0 Å². The van der Waals surface area contributed by atoms with E-state index in [2.05, 4.69) is 10.4 Å². The smallest absolute Gasteiger partial charge is 0.252 e. The van der Waals surface area contributed by atoms with Gasteiger partial charge >= 0.3 is 0 Å². The Morgan fingerprint density at radius 3 is 2.83 bits per heavy atom. The minimum absolute atomic E-state index is 0.00655. The lowest BCUT2D eigenvalue weighted by molar-refractivity contribution is -0.137. The van der Waals surface area contributed by atoms with Gasteiger partial charge in [-0.3, -0.25) is 14.3 Å². The highest BCUT2D eigenvalue weighted by atomic mass is 19.3. The molecule has 1 saturated carbocycles. The predicted molar refractivity (Wildman–Crippen MR) is 77.7 cm³/mol. The van der Waals surface area contributed by atoms with Crippen LogP contribution < -0.4 is 5.32 Å². The molecule has 1 fully saturated rings. The molecule has 0 radical (unpaired) electrons. The van der Waals surface area contributed by atoms with Crippen LogP contribution in [0.4, 0.5) is 8.78 Å².